The number of benzene rings is 1. The zero-order chi connectivity index (χ0) is 16.0. The summed E-state index contributed by atoms with van der Waals surface area (Å²) >= 11 is 5.99. The Bertz CT molecular complexity index is 984. The normalized spacial score (nSPS) is 11.2. The van der Waals surface area contributed by atoms with Gasteiger partial charge >= 0.3 is 5.69 Å². The van der Waals surface area contributed by atoms with Crippen LogP contribution < -0.4 is 17.0 Å². The van der Waals surface area contributed by atoms with Crippen molar-refractivity contribution in [1.29, 1.82) is 0 Å². The molecular weight excluding hydrogens is 313 g/mol. The molecule has 0 spiro atoms. The summed E-state index contributed by atoms with van der Waals surface area (Å²) in [6.45, 7) is -0.0743. The molecule has 22 heavy (non-hydrogen) atoms. The van der Waals surface area contributed by atoms with Crippen molar-refractivity contribution in [2.24, 2.45) is 7.05 Å². The smallest absolute Gasteiger partial charge is 0.329 e. The van der Waals surface area contributed by atoms with Gasteiger partial charge < -0.3 is 5.73 Å². The van der Waals surface area contributed by atoms with E-state index in [-0.39, 0.29) is 34.2 Å². The second-order valence-corrected chi connectivity index (χ2v) is 5.15. The first-order chi connectivity index (χ1) is 10.4. The number of fused-ring (bicyclic) bond motifs is 1. The van der Waals surface area contributed by atoms with Crippen molar-refractivity contribution in [1.82, 2.24) is 19.1 Å². The van der Waals surface area contributed by atoms with E-state index in [1.165, 1.54) is 29.8 Å². The molecule has 0 aliphatic rings. The predicted molar refractivity (Wildman–Crippen MR) is 80.5 cm³/mol. The van der Waals surface area contributed by atoms with Gasteiger partial charge in [-0.15, -0.1) is 0 Å². The molecular formula is C13H11ClFN5O2. The fourth-order valence-electron chi connectivity index (χ4n) is 2.25. The quantitative estimate of drug-likeness (QED) is 0.730. The van der Waals surface area contributed by atoms with Crippen LogP contribution in [0, 0.1) is 5.82 Å². The Kier molecular flexibility index (Phi) is 3.25. The third-order valence-corrected chi connectivity index (χ3v) is 3.77. The molecule has 0 atom stereocenters. The summed E-state index contributed by atoms with van der Waals surface area (Å²) in [5.41, 5.74) is 4.95. The van der Waals surface area contributed by atoms with Gasteiger partial charge in [-0.3, -0.25) is 18.9 Å². The van der Waals surface area contributed by atoms with E-state index in [1.807, 2.05) is 0 Å². The van der Waals surface area contributed by atoms with Gasteiger partial charge in [-0.25, -0.2) is 9.18 Å². The number of rotatable bonds is 2. The first-order valence-electron chi connectivity index (χ1n) is 6.28. The van der Waals surface area contributed by atoms with Gasteiger partial charge in [0.25, 0.3) is 5.56 Å². The number of anilines is 1. The van der Waals surface area contributed by atoms with Crippen LogP contribution in [-0.2, 0) is 13.6 Å². The lowest BCUT2D eigenvalue weighted by Crippen LogP contribution is -2.29. The summed E-state index contributed by atoms with van der Waals surface area (Å²) in [7, 11) is 1.45. The number of nitrogens with zero attached hydrogens (tertiary/aromatic N) is 3. The number of H-pyrrole nitrogens is 1. The Hall–Kier alpha value is -2.61. The largest absolute Gasteiger partial charge is 0.369 e. The monoisotopic (exact) mass is 323 g/mol. The van der Waals surface area contributed by atoms with E-state index in [1.54, 1.807) is 0 Å². The number of nitrogens with one attached hydrogen (secondary N) is 1. The van der Waals surface area contributed by atoms with E-state index in [0.29, 0.717) is 0 Å². The van der Waals surface area contributed by atoms with Crippen LogP contribution in [0.15, 0.2) is 27.8 Å². The lowest BCUT2D eigenvalue weighted by molar-refractivity contribution is 0.602. The van der Waals surface area contributed by atoms with E-state index in [4.69, 9.17) is 17.3 Å². The molecule has 0 bridgehead atoms. The molecule has 0 saturated heterocycles. The Morgan fingerprint density at radius 2 is 2.14 bits per heavy atom. The van der Waals surface area contributed by atoms with Crippen molar-refractivity contribution in [3.63, 3.8) is 0 Å². The summed E-state index contributed by atoms with van der Waals surface area (Å²) in [6.07, 6.45) is 0. The van der Waals surface area contributed by atoms with E-state index < -0.39 is 17.1 Å². The van der Waals surface area contributed by atoms with Gasteiger partial charge in [0.1, 0.15) is 5.82 Å². The Morgan fingerprint density at radius 1 is 1.41 bits per heavy atom. The number of imidazole rings is 1. The van der Waals surface area contributed by atoms with Gasteiger partial charge in [-0.05, 0) is 12.1 Å². The number of hydrogen-bond donors (Lipinski definition) is 2. The minimum atomic E-state index is -0.644. The van der Waals surface area contributed by atoms with Crippen molar-refractivity contribution in [3.8, 4) is 0 Å². The fourth-order valence-corrected chi connectivity index (χ4v) is 2.48. The lowest BCUT2D eigenvalue weighted by Gasteiger charge is -2.09. The summed E-state index contributed by atoms with van der Waals surface area (Å²) in [5.74, 6) is -0.531. The summed E-state index contributed by atoms with van der Waals surface area (Å²) in [6, 6.07) is 4.28. The second-order valence-electron chi connectivity index (χ2n) is 4.75. The second kappa shape index (κ2) is 4.99. The fraction of sp³-hybridized carbons (Fsp3) is 0.154. The molecule has 0 aliphatic carbocycles. The Balaban J connectivity index is 2.29. The number of aromatic amines is 1. The molecule has 3 rings (SSSR count). The van der Waals surface area contributed by atoms with Crippen LogP contribution in [0.5, 0.6) is 0 Å². The molecule has 9 heteroatoms. The first kappa shape index (κ1) is 14.3. The van der Waals surface area contributed by atoms with Crippen molar-refractivity contribution < 1.29 is 4.39 Å². The lowest BCUT2D eigenvalue weighted by atomic mass is 10.2. The van der Waals surface area contributed by atoms with Gasteiger partial charge in [0.05, 0.1) is 6.54 Å². The van der Waals surface area contributed by atoms with Gasteiger partial charge in [0.2, 0.25) is 5.95 Å². The SMILES string of the molecule is Cn1c(=O)[nH]c(=O)c2c1nc(N)n2Cc1c(F)cccc1Cl. The number of aromatic nitrogens is 4. The number of nitrogen functional groups attached to an aromatic ring is 1. The molecule has 2 heterocycles. The molecule has 0 radical (unpaired) electrons. The van der Waals surface area contributed by atoms with Crippen LogP contribution >= 0.6 is 11.6 Å². The maximum atomic E-state index is 13.9. The van der Waals surface area contributed by atoms with E-state index in [2.05, 4.69) is 9.97 Å². The topological polar surface area (TPSA) is 98.7 Å². The molecule has 114 valence electrons. The summed E-state index contributed by atoms with van der Waals surface area (Å²) in [5, 5.41) is 0.211. The third kappa shape index (κ3) is 2.08. The maximum absolute atomic E-state index is 13.9. The molecule has 2 aromatic heterocycles. The molecule has 7 nitrogen and oxygen atoms in total. The Morgan fingerprint density at radius 3 is 2.82 bits per heavy atom. The van der Waals surface area contributed by atoms with Crippen molar-refractivity contribution in [3.05, 3.63) is 55.4 Å². The highest BCUT2D eigenvalue weighted by atomic mass is 35.5. The molecule has 1 aromatic carbocycles. The van der Waals surface area contributed by atoms with Gasteiger partial charge in [0.15, 0.2) is 11.2 Å². The highest BCUT2D eigenvalue weighted by Crippen LogP contribution is 2.22. The van der Waals surface area contributed by atoms with Crippen LogP contribution in [0.3, 0.4) is 0 Å². The minimum Gasteiger partial charge on any atom is -0.369 e. The average molecular weight is 324 g/mol. The molecule has 3 N–H and O–H groups in total. The van der Waals surface area contributed by atoms with Crippen molar-refractivity contribution in [2.75, 3.05) is 5.73 Å². The van der Waals surface area contributed by atoms with E-state index in [9.17, 15) is 14.0 Å². The average Bonchev–Trinajstić information content (AvgIpc) is 2.78. The highest BCUT2D eigenvalue weighted by molar-refractivity contribution is 6.31. The van der Waals surface area contributed by atoms with Crippen LogP contribution in [-0.4, -0.2) is 19.1 Å². The number of aryl methyl sites for hydroxylation is 1. The van der Waals surface area contributed by atoms with Crippen molar-refractivity contribution >= 4 is 28.7 Å². The van der Waals surface area contributed by atoms with Crippen LogP contribution in [0.4, 0.5) is 10.3 Å². The zero-order valence-corrected chi connectivity index (χ0v) is 12.2. The number of halogens is 2. The van der Waals surface area contributed by atoms with Crippen LogP contribution in [0.2, 0.25) is 5.02 Å². The number of nitrogens with two attached hydrogens (primary N) is 1. The molecule has 0 saturated carbocycles. The molecule has 0 amide bonds. The van der Waals surface area contributed by atoms with E-state index in [0.717, 1.165) is 4.57 Å². The molecule has 0 fully saturated rings. The summed E-state index contributed by atoms with van der Waals surface area (Å²) < 4.78 is 16.4. The first-order valence-corrected chi connectivity index (χ1v) is 6.66. The summed E-state index contributed by atoms with van der Waals surface area (Å²) in [4.78, 5) is 29.8. The van der Waals surface area contributed by atoms with E-state index >= 15 is 0 Å². The Labute approximate surface area is 127 Å². The van der Waals surface area contributed by atoms with Crippen LogP contribution in [0.25, 0.3) is 11.2 Å². The highest BCUT2D eigenvalue weighted by Gasteiger charge is 2.18. The predicted octanol–water partition coefficient (Wildman–Crippen LogP) is 0.846. The molecule has 3 aromatic rings. The standard InChI is InChI=1S/C13H11ClFN5O2/c1-19-10-9(11(21)18-13(19)22)20(12(16)17-10)5-6-7(14)3-2-4-8(6)15/h2-4H,5H2,1H3,(H2,16,17)(H,18,21,22). The molecule has 0 aliphatic heterocycles. The maximum Gasteiger partial charge on any atom is 0.329 e. The zero-order valence-electron chi connectivity index (χ0n) is 11.4. The number of hydrogen-bond acceptors (Lipinski definition) is 4. The van der Waals surface area contributed by atoms with Crippen molar-refractivity contribution in [2.45, 2.75) is 6.54 Å². The minimum absolute atomic E-state index is 0.0129. The van der Waals surface area contributed by atoms with Crippen LogP contribution in [0.1, 0.15) is 5.56 Å². The molecule has 0 unspecified atom stereocenters. The van der Waals surface area contributed by atoms with Gasteiger partial charge in [0, 0.05) is 17.6 Å². The van der Waals surface area contributed by atoms with Gasteiger partial charge in [-0.1, -0.05) is 17.7 Å². The third-order valence-electron chi connectivity index (χ3n) is 3.41. The van der Waals surface area contributed by atoms with Gasteiger partial charge in [-0.2, -0.15) is 4.98 Å².